The maximum Gasteiger partial charge on any atom is 0.297 e. The lowest BCUT2D eigenvalue weighted by Crippen LogP contribution is -2.24. The van der Waals surface area contributed by atoms with Crippen LogP contribution < -0.4 is 10.2 Å². The molecule has 4 nitrogen and oxygen atoms in total. The first kappa shape index (κ1) is 10.9. The summed E-state index contributed by atoms with van der Waals surface area (Å²) in [5.74, 6) is 0. The van der Waals surface area contributed by atoms with Gasteiger partial charge in [-0.25, -0.2) is 8.78 Å². The molecule has 14 heavy (non-hydrogen) atoms. The van der Waals surface area contributed by atoms with E-state index in [2.05, 4.69) is 10.3 Å². The van der Waals surface area contributed by atoms with Crippen LogP contribution in [0.1, 0.15) is 5.69 Å². The average Bonchev–Trinajstić information content (AvgIpc) is 2.52. The summed E-state index contributed by atoms with van der Waals surface area (Å²) in [5, 5.41) is 2.89. The Hall–Kier alpha value is -1.17. The van der Waals surface area contributed by atoms with Crippen LogP contribution in [0.25, 0.3) is 0 Å². The minimum Gasteiger partial charge on any atom is -0.432 e. The van der Waals surface area contributed by atoms with Crippen molar-refractivity contribution in [3.05, 3.63) is 12.0 Å². The minimum absolute atomic E-state index is 0.218. The Morgan fingerprint density at radius 3 is 2.93 bits per heavy atom. The van der Waals surface area contributed by atoms with Gasteiger partial charge >= 0.3 is 0 Å². The molecule has 0 spiro atoms. The lowest BCUT2D eigenvalue weighted by Gasteiger charge is -2.12. The molecule has 0 fully saturated rings. The normalized spacial score (nSPS) is 10.9. The van der Waals surface area contributed by atoms with Gasteiger partial charge < -0.3 is 14.6 Å². The van der Waals surface area contributed by atoms with Crippen LogP contribution >= 0.6 is 0 Å². The first-order valence-electron chi connectivity index (χ1n) is 4.21. The first-order chi connectivity index (χ1) is 6.63. The van der Waals surface area contributed by atoms with Gasteiger partial charge in [0.05, 0.1) is 12.2 Å². The number of hydrogen-bond donors (Lipinski definition) is 1. The van der Waals surface area contributed by atoms with Crippen molar-refractivity contribution in [3.8, 4) is 0 Å². The van der Waals surface area contributed by atoms with E-state index in [0.717, 1.165) is 0 Å². The third kappa shape index (κ3) is 2.95. The molecular formula is C8H13F2N3O. The van der Waals surface area contributed by atoms with E-state index in [4.69, 9.17) is 4.42 Å². The quantitative estimate of drug-likeness (QED) is 0.781. The maximum atomic E-state index is 12.0. The Morgan fingerprint density at radius 2 is 2.36 bits per heavy atom. The zero-order valence-electron chi connectivity index (χ0n) is 8.13. The molecule has 1 heterocycles. The van der Waals surface area contributed by atoms with E-state index in [1.807, 2.05) is 0 Å². The van der Waals surface area contributed by atoms with Crippen molar-refractivity contribution in [2.45, 2.75) is 13.0 Å². The number of nitrogens with one attached hydrogen (secondary N) is 1. The largest absolute Gasteiger partial charge is 0.432 e. The van der Waals surface area contributed by atoms with Crippen molar-refractivity contribution in [2.24, 2.45) is 0 Å². The molecule has 0 saturated heterocycles. The molecule has 1 N–H and O–H groups in total. The molecule has 1 rings (SSSR count). The van der Waals surface area contributed by atoms with Gasteiger partial charge in [-0.3, -0.25) is 0 Å². The highest BCUT2D eigenvalue weighted by atomic mass is 19.3. The van der Waals surface area contributed by atoms with Gasteiger partial charge in [0, 0.05) is 13.6 Å². The van der Waals surface area contributed by atoms with Crippen LogP contribution in [0.4, 0.5) is 14.8 Å². The van der Waals surface area contributed by atoms with E-state index in [0.29, 0.717) is 12.2 Å². The van der Waals surface area contributed by atoms with Crippen LogP contribution in [0.3, 0.4) is 0 Å². The summed E-state index contributed by atoms with van der Waals surface area (Å²) < 4.78 is 29.0. The Morgan fingerprint density at radius 1 is 1.64 bits per heavy atom. The molecule has 0 atom stereocenters. The number of rotatable bonds is 5. The zero-order valence-corrected chi connectivity index (χ0v) is 8.13. The standard InChI is InChI=1S/C8H13F2N3O/c1-11-3-6-5-14-8(12-6)13(2)4-7(9)10/h5,7,11H,3-4H2,1-2H3. The van der Waals surface area contributed by atoms with Gasteiger partial charge in [-0.1, -0.05) is 0 Å². The van der Waals surface area contributed by atoms with E-state index < -0.39 is 6.43 Å². The molecule has 0 aromatic carbocycles. The molecule has 1 aromatic rings. The number of alkyl halides is 2. The Bertz CT molecular complexity index is 277. The number of aromatic nitrogens is 1. The van der Waals surface area contributed by atoms with Crippen molar-refractivity contribution in [1.82, 2.24) is 10.3 Å². The predicted octanol–water partition coefficient (Wildman–Crippen LogP) is 1.10. The second-order valence-electron chi connectivity index (χ2n) is 2.92. The van der Waals surface area contributed by atoms with Crippen molar-refractivity contribution < 1.29 is 13.2 Å². The number of oxazole rings is 1. The van der Waals surface area contributed by atoms with Crippen LogP contribution in [0.2, 0.25) is 0 Å². The number of anilines is 1. The third-order valence-corrected chi connectivity index (χ3v) is 1.64. The van der Waals surface area contributed by atoms with Crippen molar-refractivity contribution >= 4 is 6.01 Å². The zero-order chi connectivity index (χ0) is 10.6. The Kier molecular flexibility index (Phi) is 3.82. The van der Waals surface area contributed by atoms with Gasteiger partial charge in [-0.05, 0) is 7.05 Å². The van der Waals surface area contributed by atoms with Crippen LogP contribution in [0, 0.1) is 0 Å². The number of hydrogen-bond acceptors (Lipinski definition) is 4. The molecule has 0 radical (unpaired) electrons. The van der Waals surface area contributed by atoms with E-state index in [9.17, 15) is 8.78 Å². The molecule has 6 heteroatoms. The molecule has 1 aromatic heterocycles. The molecule has 0 aliphatic heterocycles. The Balaban J connectivity index is 2.57. The highest BCUT2D eigenvalue weighted by Gasteiger charge is 2.13. The molecule has 0 bridgehead atoms. The molecule has 0 aliphatic carbocycles. The molecular weight excluding hydrogens is 192 g/mol. The topological polar surface area (TPSA) is 41.3 Å². The highest BCUT2D eigenvalue weighted by molar-refractivity contribution is 5.25. The summed E-state index contributed by atoms with van der Waals surface area (Å²) in [6, 6.07) is 0.218. The van der Waals surface area contributed by atoms with E-state index >= 15 is 0 Å². The van der Waals surface area contributed by atoms with Gasteiger partial charge in [-0.2, -0.15) is 4.98 Å². The molecule has 0 saturated carbocycles. The molecule has 80 valence electrons. The SMILES string of the molecule is CNCc1coc(N(C)CC(F)F)n1. The van der Waals surface area contributed by atoms with Gasteiger partial charge in [0.1, 0.15) is 6.26 Å². The maximum absolute atomic E-state index is 12.0. The van der Waals surface area contributed by atoms with Crippen molar-refractivity contribution in [2.75, 3.05) is 25.5 Å². The second-order valence-corrected chi connectivity index (χ2v) is 2.92. The lowest BCUT2D eigenvalue weighted by molar-refractivity contribution is 0.155. The fourth-order valence-corrected chi connectivity index (χ4v) is 1.02. The molecule has 0 unspecified atom stereocenters. The average molecular weight is 205 g/mol. The van der Waals surface area contributed by atoms with E-state index in [-0.39, 0.29) is 12.6 Å². The first-order valence-corrected chi connectivity index (χ1v) is 4.21. The predicted molar refractivity (Wildman–Crippen MR) is 48.5 cm³/mol. The van der Waals surface area contributed by atoms with E-state index in [1.54, 1.807) is 7.05 Å². The number of halogens is 2. The number of nitrogens with zero attached hydrogens (tertiary/aromatic N) is 2. The minimum atomic E-state index is -2.39. The van der Waals surface area contributed by atoms with Crippen LogP contribution in [0.15, 0.2) is 10.7 Å². The third-order valence-electron chi connectivity index (χ3n) is 1.64. The smallest absolute Gasteiger partial charge is 0.297 e. The summed E-state index contributed by atoms with van der Waals surface area (Å²) in [6.45, 7) is 0.186. The van der Waals surface area contributed by atoms with Crippen LogP contribution in [-0.4, -0.2) is 32.0 Å². The van der Waals surface area contributed by atoms with Gasteiger partial charge in [0.25, 0.3) is 12.4 Å². The van der Waals surface area contributed by atoms with Gasteiger partial charge in [0.2, 0.25) is 0 Å². The molecule has 0 amide bonds. The van der Waals surface area contributed by atoms with E-state index in [1.165, 1.54) is 18.2 Å². The van der Waals surface area contributed by atoms with Crippen molar-refractivity contribution in [1.29, 1.82) is 0 Å². The summed E-state index contributed by atoms with van der Waals surface area (Å²) in [5.41, 5.74) is 0.698. The van der Waals surface area contributed by atoms with Gasteiger partial charge in [-0.15, -0.1) is 0 Å². The Labute approximate surface area is 80.9 Å². The summed E-state index contributed by atoms with van der Waals surface area (Å²) in [4.78, 5) is 5.30. The fourth-order valence-electron chi connectivity index (χ4n) is 1.02. The monoisotopic (exact) mass is 205 g/mol. The lowest BCUT2D eigenvalue weighted by atomic mass is 10.5. The van der Waals surface area contributed by atoms with Crippen LogP contribution in [0.5, 0.6) is 0 Å². The van der Waals surface area contributed by atoms with Gasteiger partial charge in [0.15, 0.2) is 0 Å². The second kappa shape index (κ2) is 4.90. The molecule has 0 aliphatic rings. The highest BCUT2D eigenvalue weighted by Crippen LogP contribution is 2.12. The summed E-state index contributed by atoms with van der Waals surface area (Å²) in [7, 11) is 3.29. The van der Waals surface area contributed by atoms with Crippen molar-refractivity contribution in [3.63, 3.8) is 0 Å². The van der Waals surface area contributed by atoms with Crippen LogP contribution in [-0.2, 0) is 6.54 Å². The summed E-state index contributed by atoms with van der Waals surface area (Å²) in [6.07, 6.45) is -0.937. The fraction of sp³-hybridized carbons (Fsp3) is 0.625. The summed E-state index contributed by atoms with van der Waals surface area (Å²) >= 11 is 0.